The molecular formula is C9H9F3N4. The normalized spacial score (nSPS) is 24.2. The fraction of sp³-hybridized carbons (Fsp3) is 0.667. The van der Waals surface area contributed by atoms with Crippen LogP contribution >= 0.6 is 0 Å². The van der Waals surface area contributed by atoms with Crippen molar-refractivity contribution in [1.82, 2.24) is 15.0 Å². The number of nitriles is 1. The molecule has 0 saturated heterocycles. The fourth-order valence-corrected chi connectivity index (χ4v) is 1.69. The van der Waals surface area contributed by atoms with Crippen molar-refractivity contribution in [1.29, 1.82) is 5.26 Å². The summed E-state index contributed by atoms with van der Waals surface area (Å²) >= 11 is 0. The molecule has 0 aromatic carbocycles. The zero-order valence-corrected chi connectivity index (χ0v) is 8.49. The Labute approximate surface area is 89.7 Å². The number of nitrogens with zero attached hydrogens (tertiary/aromatic N) is 4. The van der Waals surface area contributed by atoms with Crippen LogP contribution in [0.2, 0.25) is 0 Å². The molecule has 2 rings (SSSR count). The highest BCUT2D eigenvalue weighted by Crippen LogP contribution is 2.45. The van der Waals surface area contributed by atoms with Crippen molar-refractivity contribution < 1.29 is 13.2 Å². The molecule has 0 radical (unpaired) electrons. The smallest absolute Gasteiger partial charge is 0.237 e. The molecule has 0 amide bonds. The molecule has 0 N–H and O–H groups in total. The number of hydrogen-bond donors (Lipinski definition) is 0. The van der Waals surface area contributed by atoms with Crippen LogP contribution in [0.25, 0.3) is 0 Å². The summed E-state index contributed by atoms with van der Waals surface area (Å²) in [6.07, 6.45) is -4.19. The highest BCUT2D eigenvalue weighted by molar-refractivity contribution is 5.19. The molecule has 1 aromatic heterocycles. The maximum atomic E-state index is 12.8. The zero-order valence-electron chi connectivity index (χ0n) is 8.49. The van der Waals surface area contributed by atoms with Crippen molar-refractivity contribution in [2.45, 2.75) is 32.0 Å². The van der Waals surface area contributed by atoms with E-state index < -0.39 is 11.9 Å². The van der Waals surface area contributed by atoms with Gasteiger partial charge in [-0.1, -0.05) is 12.1 Å². The first-order valence-electron chi connectivity index (χ1n) is 4.83. The molecule has 4 nitrogen and oxygen atoms in total. The largest absolute Gasteiger partial charge is 0.434 e. The van der Waals surface area contributed by atoms with Crippen molar-refractivity contribution in [2.24, 2.45) is 5.92 Å². The Balaban J connectivity index is 2.43. The van der Waals surface area contributed by atoms with Gasteiger partial charge in [-0.25, -0.2) is 4.68 Å². The van der Waals surface area contributed by atoms with Gasteiger partial charge in [-0.05, 0) is 12.3 Å². The summed E-state index contributed by atoms with van der Waals surface area (Å²) in [5, 5.41) is 15.4. The van der Waals surface area contributed by atoms with Gasteiger partial charge in [0, 0.05) is 0 Å². The average Bonchev–Trinajstić information content (AvgIpc) is 2.74. The topological polar surface area (TPSA) is 54.5 Å². The molecular weight excluding hydrogens is 221 g/mol. The van der Waals surface area contributed by atoms with E-state index >= 15 is 0 Å². The van der Waals surface area contributed by atoms with Crippen molar-refractivity contribution in [2.75, 3.05) is 0 Å². The van der Waals surface area contributed by atoms with Crippen molar-refractivity contribution in [3.63, 3.8) is 0 Å². The minimum absolute atomic E-state index is 0.192. The Morgan fingerprint density at radius 1 is 1.56 bits per heavy atom. The molecule has 0 spiro atoms. The summed E-state index contributed by atoms with van der Waals surface area (Å²) in [6.45, 7) is 1.86. The van der Waals surface area contributed by atoms with E-state index in [1.165, 1.54) is 0 Å². The summed E-state index contributed by atoms with van der Waals surface area (Å²) in [6, 6.07) is 1.44. The Bertz CT molecular complexity index is 443. The van der Waals surface area contributed by atoms with Crippen molar-refractivity contribution >= 4 is 0 Å². The SMILES string of the molecule is CC1CC1n1nnc(CC#N)c1C(F)(F)F. The quantitative estimate of drug-likeness (QED) is 0.780. The third-order valence-corrected chi connectivity index (χ3v) is 2.66. The van der Waals surface area contributed by atoms with E-state index in [-0.39, 0.29) is 24.1 Å². The predicted octanol–water partition coefficient (Wildman–Crippen LogP) is 1.94. The summed E-state index contributed by atoms with van der Waals surface area (Å²) in [5.74, 6) is 0.192. The lowest BCUT2D eigenvalue weighted by Crippen LogP contribution is -2.16. The molecule has 0 aliphatic heterocycles. The molecule has 2 atom stereocenters. The molecule has 1 fully saturated rings. The lowest BCUT2D eigenvalue weighted by Gasteiger charge is -2.09. The molecule has 2 unspecified atom stereocenters. The number of rotatable bonds is 2. The highest BCUT2D eigenvalue weighted by atomic mass is 19.4. The molecule has 1 aliphatic carbocycles. The maximum Gasteiger partial charge on any atom is 0.434 e. The molecule has 1 aliphatic rings. The van der Waals surface area contributed by atoms with Gasteiger partial charge in [-0.2, -0.15) is 18.4 Å². The molecule has 1 heterocycles. The van der Waals surface area contributed by atoms with E-state index in [1.807, 2.05) is 6.92 Å². The van der Waals surface area contributed by atoms with Crippen molar-refractivity contribution in [3.8, 4) is 6.07 Å². The van der Waals surface area contributed by atoms with Gasteiger partial charge in [0.05, 0.1) is 18.5 Å². The molecule has 86 valence electrons. The summed E-state index contributed by atoms with van der Waals surface area (Å²) in [7, 11) is 0. The second-order valence-electron chi connectivity index (χ2n) is 3.94. The zero-order chi connectivity index (χ0) is 11.9. The van der Waals surface area contributed by atoms with E-state index in [1.54, 1.807) is 6.07 Å². The van der Waals surface area contributed by atoms with Gasteiger partial charge in [0.1, 0.15) is 5.69 Å². The van der Waals surface area contributed by atoms with Crippen LogP contribution in [-0.4, -0.2) is 15.0 Å². The summed E-state index contributed by atoms with van der Waals surface area (Å²) < 4.78 is 39.2. The summed E-state index contributed by atoms with van der Waals surface area (Å²) in [4.78, 5) is 0. The number of halogens is 3. The van der Waals surface area contributed by atoms with Gasteiger partial charge in [0.15, 0.2) is 5.69 Å². The van der Waals surface area contributed by atoms with E-state index in [4.69, 9.17) is 5.26 Å². The Morgan fingerprint density at radius 3 is 2.62 bits per heavy atom. The second-order valence-corrected chi connectivity index (χ2v) is 3.94. The van der Waals surface area contributed by atoms with E-state index in [0.29, 0.717) is 6.42 Å². The van der Waals surface area contributed by atoms with Crippen LogP contribution in [0.4, 0.5) is 13.2 Å². The van der Waals surface area contributed by atoms with Crippen LogP contribution in [0.3, 0.4) is 0 Å². The Hall–Kier alpha value is -1.58. The van der Waals surface area contributed by atoms with Gasteiger partial charge in [-0.3, -0.25) is 0 Å². The van der Waals surface area contributed by atoms with Crippen LogP contribution in [0.15, 0.2) is 0 Å². The lowest BCUT2D eigenvalue weighted by atomic mass is 10.2. The number of alkyl halides is 3. The fourth-order valence-electron chi connectivity index (χ4n) is 1.69. The maximum absolute atomic E-state index is 12.8. The van der Waals surface area contributed by atoms with Gasteiger partial charge in [0.2, 0.25) is 0 Å². The van der Waals surface area contributed by atoms with E-state index in [2.05, 4.69) is 10.3 Å². The lowest BCUT2D eigenvalue weighted by molar-refractivity contribution is -0.144. The standard InChI is InChI=1S/C9H9F3N4/c1-5-4-7(5)16-8(9(10,11)12)6(2-3-13)14-15-16/h5,7H,2,4H2,1H3. The summed E-state index contributed by atoms with van der Waals surface area (Å²) in [5.41, 5.74) is -1.16. The monoisotopic (exact) mass is 230 g/mol. The minimum atomic E-state index is -4.50. The van der Waals surface area contributed by atoms with Gasteiger partial charge >= 0.3 is 6.18 Å². The first kappa shape index (κ1) is 10.9. The van der Waals surface area contributed by atoms with Gasteiger partial charge in [0.25, 0.3) is 0 Å². The van der Waals surface area contributed by atoms with Crippen molar-refractivity contribution in [3.05, 3.63) is 11.4 Å². The molecule has 0 bridgehead atoms. The average molecular weight is 230 g/mol. The van der Waals surface area contributed by atoms with Crippen LogP contribution in [0, 0.1) is 17.2 Å². The van der Waals surface area contributed by atoms with E-state index in [0.717, 1.165) is 4.68 Å². The minimum Gasteiger partial charge on any atom is -0.237 e. The second kappa shape index (κ2) is 3.47. The Kier molecular flexibility index (Phi) is 2.37. The molecule has 1 aromatic rings. The first-order valence-corrected chi connectivity index (χ1v) is 4.83. The van der Waals surface area contributed by atoms with Crippen LogP contribution in [0.5, 0.6) is 0 Å². The van der Waals surface area contributed by atoms with Gasteiger partial charge < -0.3 is 0 Å². The van der Waals surface area contributed by atoms with E-state index in [9.17, 15) is 13.2 Å². The Morgan fingerprint density at radius 2 is 2.19 bits per heavy atom. The molecule has 7 heteroatoms. The number of hydrogen-bond acceptors (Lipinski definition) is 3. The molecule has 16 heavy (non-hydrogen) atoms. The molecule has 1 saturated carbocycles. The van der Waals surface area contributed by atoms with Crippen LogP contribution < -0.4 is 0 Å². The highest BCUT2D eigenvalue weighted by Gasteiger charge is 2.45. The third kappa shape index (κ3) is 1.75. The third-order valence-electron chi connectivity index (χ3n) is 2.66. The number of aromatic nitrogens is 3. The van der Waals surface area contributed by atoms with Crippen LogP contribution in [-0.2, 0) is 12.6 Å². The first-order chi connectivity index (χ1) is 7.45. The predicted molar refractivity (Wildman–Crippen MR) is 47.2 cm³/mol. The van der Waals surface area contributed by atoms with Crippen LogP contribution in [0.1, 0.15) is 30.8 Å². The van der Waals surface area contributed by atoms with Gasteiger partial charge in [-0.15, -0.1) is 5.10 Å².